The van der Waals surface area contributed by atoms with Crippen LogP contribution in [-0.2, 0) is 0 Å². The maximum atomic E-state index is 13.5. The van der Waals surface area contributed by atoms with Gasteiger partial charge in [0.2, 0.25) is 5.88 Å². The number of pyridine rings is 1. The molecule has 0 spiro atoms. The molecule has 3 atom stereocenters. The summed E-state index contributed by atoms with van der Waals surface area (Å²) in [5.41, 5.74) is 1.56. The summed E-state index contributed by atoms with van der Waals surface area (Å²) < 4.78 is 11.4. The van der Waals surface area contributed by atoms with Gasteiger partial charge in [-0.2, -0.15) is 0 Å². The van der Waals surface area contributed by atoms with Crippen LogP contribution < -0.4 is 14.8 Å². The molecule has 3 rings (SSSR count). The molecule has 0 saturated carbocycles. The highest BCUT2D eigenvalue weighted by molar-refractivity contribution is 5.97. The lowest BCUT2D eigenvalue weighted by Gasteiger charge is -2.37. The van der Waals surface area contributed by atoms with Crippen molar-refractivity contribution in [3.63, 3.8) is 0 Å². The van der Waals surface area contributed by atoms with Gasteiger partial charge in [-0.15, -0.1) is 0 Å². The Kier molecular flexibility index (Phi) is 9.97. The number of aromatic nitrogens is 1. The Balaban J connectivity index is 1.84. The Labute approximate surface area is 225 Å². The molecule has 1 aromatic carbocycles. The Bertz CT molecular complexity index is 1170. The number of carbonyl (C=O) groups excluding carboxylic acids is 2. The van der Waals surface area contributed by atoms with Crippen molar-refractivity contribution in [3.8, 4) is 23.5 Å². The number of nitrogens with one attached hydrogen (secondary N) is 1. The van der Waals surface area contributed by atoms with Gasteiger partial charge in [-0.1, -0.05) is 32.6 Å². The first kappa shape index (κ1) is 28.8. The predicted octanol–water partition coefficient (Wildman–Crippen LogP) is 3.87. The van der Waals surface area contributed by atoms with Crippen LogP contribution in [0.4, 0.5) is 10.5 Å². The Morgan fingerprint density at radius 1 is 1.32 bits per heavy atom. The molecule has 0 fully saturated rings. The fourth-order valence-electron chi connectivity index (χ4n) is 3.99. The van der Waals surface area contributed by atoms with E-state index in [0.717, 1.165) is 6.42 Å². The van der Waals surface area contributed by atoms with Crippen LogP contribution in [0.25, 0.3) is 0 Å². The number of anilines is 1. The zero-order valence-corrected chi connectivity index (χ0v) is 23.0. The van der Waals surface area contributed by atoms with Gasteiger partial charge in [-0.3, -0.25) is 4.79 Å². The summed E-state index contributed by atoms with van der Waals surface area (Å²) in [7, 11) is 3.27. The number of aliphatic hydroxyl groups is 1. The van der Waals surface area contributed by atoms with Crippen LogP contribution in [0.2, 0.25) is 0 Å². The van der Waals surface area contributed by atoms with Crippen molar-refractivity contribution >= 4 is 17.6 Å². The number of urea groups is 1. The van der Waals surface area contributed by atoms with Crippen LogP contribution in [-0.4, -0.2) is 77.8 Å². The first-order valence-corrected chi connectivity index (χ1v) is 12.9. The molecule has 9 nitrogen and oxygen atoms in total. The lowest BCUT2D eigenvalue weighted by atomic mass is 10.00. The molecule has 2 heterocycles. The molecule has 2 aromatic rings. The fourth-order valence-corrected chi connectivity index (χ4v) is 3.99. The third-order valence-corrected chi connectivity index (χ3v) is 6.41. The maximum absolute atomic E-state index is 13.5. The highest BCUT2D eigenvalue weighted by Crippen LogP contribution is 2.27. The largest absolute Gasteiger partial charge is 0.497 e. The van der Waals surface area contributed by atoms with Crippen molar-refractivity contribution in [2.24, 2.45) is 11.8 Å². The molecule has 38 heavy (non-hydrogen) atoms. The van der Waals surface area contributed by atoms with E-state index in [1.165, 1.54) is 0 Å². The quantitative estimate of drug-likeness (QED) is 0.535. The lowest BCUT2D eigenvalue weighted by Crippen LogP contribution is -2.50. The van der Waals surface area contributed by atoms with Gasteiger partial charge in [0.25, 0.3) is 5.91 Å². The van der Waals surface area contributed by atoms with E-state index in [1.807, 2.05) is 6.92 Å². The minimum atomic E-state index is -0.452. The topological polar surface area (TPSA) is 104 Å². The van der Waals surface area contributed by atoms with Crippen LogP contribution in [0.1, 0.15) is 50.0 Å². The monoisotopic (exact) mass is 522 g/mol. The predicted molar refractivity (Wildman–Crippen MR) is 146 cm³/mol. The summed E-state index contributed by atoms with van der Waals surface area (Å²) in [6.07, 6.45) is 1.88. The average Bonchev–Trinajstić information content (AvgIpc) is 2.90. The van der Waals surface area contributed by atoms with Gasteiger partial charge in [-0.25, -0.2) is 9.78 Å². The second-order valence-electron chi connectivity index (χ2n) is 10.1. The van der Waals surface area contributed by atoms with E-state index in [-0.39, 0.29) is 36.9 Å². The molecule has 0 saturated heterocycles. The molecule has 1 aliphatic rings. The van der Waals surface area contributed by atoms with Crippen LogP contribution in [0, 0.1) is 23.7 Å². The summed E-state index contributed by atoms with van der Waals surface area (Å²) in [5.74, 6) is 7.12. The van der Waals surface area contributed by atoms with Crippen molar-refractivity contribution in [3.05, 3.63) is 47.7 Å². The highest BCUT2D eigenvalue weighted by atomic mass is 16.5. The Morgan fingerprint density at radius 2 is 2.03 bits per heavy atom. The SMILES string of the molecule is COc1ccc(NC(=O)N(C)C[C@H]2Oc3ncc(C#CCC(C)C)cc3C(=O)N([C@H](C)CO)C[C@@H]2C)cc1. The van der Waals surface area contributed by atoms with Gasteiger partial charge in [0.15, 0.2) is 0 Å². The number of ether oxygens (including phenoxy) is 2. The average molecular weight is 523 g/mol. The number of rotatable bonds is 7. The number of likely N-dealkylation sites (N-methyl/N-ethyl adjacent to an activating group) is 1. The minimum absolute atomic E-state index is 0.148. The van der Waals surface area contributed by atoms with Crippen LogP contribution in [0.5, 0.6) is 11.6 Å². The molecule has 1 aliphatic heterocycles. The molecular weight excluding hydrogens is 484 g/mol. The van der Waals surface area contributed by atoms with E-state index in [2.05, 4.69) is 36.0 Å². The fraction of sp³-hybridized carbons (Fsp3) is 0.483. The molecule has 1 aromatic heterocycles. The maximum Gasteiger partial charge on any atom is 0.321 e. The van der Waals surface area contributed by atoms with Gasteiger partial charge >= 0.3 is 6.03 Å². The van der Waals surface area contributed by atoms with Crippen molar-refractivity contribution in [1.29, 1.82) is 0 Å². The van der Waals surface area contributed by atoms with E-state index < -0.39 is 12.1 Å². The summed E-state index contributed by atoms with van der Waals surface area (Å²) in [4.78, 5) is 34.1. The smallest absolute Gasteiger partial charge is 0.321 e. The number of aliphatic hydroxyl groups excluding tert-OH is 1. The lowest BCUT2D eigenvalue weighted by molar-refractivity contribution is 0.0356. The first-order chi connectivity index (χ1) is 18.1. The Morgan fingerprint density at radius 3 is 2.66 bits per heavy atom. The summed E-state index contributed by atoms with van der Waals surface area (Å²) in [6, 6.07) is 8.07. The summed E-state index contributed by atoms with van der Waals surface area (Å²) >= 11 is 0. The molecule has 0 bridgehead atoms. The second-order valence-corrected chi connectivity index (χ2v) is 10.1. The zero-order valence-electron chi connectivity index (χ0n) is 23.0. The van der Waals surface area contributed by atoms with Crippen molar-refractivity contribution in [2.45, 2.75) is 46.3 Å². The van der Waals surface area contributed by atoms with E-state index in [4.69, 9.17) is 9.47 Å². The van der Waals surface area contributed by atoms with Gasteiger partial charge < -0.3 is 29.7 Å². The molecule has 9 heteroatoms. The number of carbonyl (C=O) groups is 2. The number of amides is 3. The Hall–Kier alpha value is -3.77. The molecular formula is C29H38N4O5. The third kappa shape index (κ3) is 7.39. The number of benzene rings is 1. The molecule has 0 aliphatic carbocycles. The van der Waals surface area contributed by atoms with E-state index in [0.29, 0.717) is 35.0 Å². The molecule has 0 unspecified atom stereocenters. The molecule has 0 radical (unpaired) electrons. The van der Waals surface area contributed by atoms with Gasteiger partial charge in [0.05, 0.1) is 26.3 Å². The van der Waals surface area contributed by atoms with Crippen molar-refractivity contribution in [2.75, 3.05) is 39.2 Å². The first-order valence-electron chi connectivity index (χ1n) is 12.9. The number of nitrogens with zero attached hydrogens (tertiary/aromatic N) is 3. The van der Waals surface area contributed by atoms with Crippen molar-refractivity contribution < 1.29 is 24.2 Å². The number of methoxy groups -OCH3 is 1. The van der Waals surface area contributed by atoms with Crippen LogP contribution >= 0.6 is 0 Å². The van der Waals surface area contributed by atoms with Crippen LogP contribution in [0.3, 0.4) is 0 Å². The molecule has 3 amide bonds. The second kappa shape index (κ2) is 13.2. The van der Waals surface area contributed by atoms with E-state index in [9.17, 15) is 14.7 Å². The highest BCUT2D eigenvalue weighted by Gasteiger charge is 2.34. The normalized spacial score (nSPS) is 17.8. The third-order valence-electron chi connectivity index (χ3n) is 6.41. The molecule has 2 N–H and O–H groups in total. The van der Waals surface area contributed by atoms with Gasteiger partial charge in [0.1, 0.15) is 17.4 Å². The zero-order chi connectivity index (χ0) is 27.8. The summed E-state index contributed by atoms with van der Waals surface area (Å²) in [6.45, 7) is 8.38. The van der Waals surface area contributed by atoms with E-state index >= 15 is 0 Å². The number of fused-ring (bicyclic) bond motifs is 1. The van der Waals surface area contributed by atoms with Crippen LogP contribution in [0.15, 0.2) is 36.5 Å². The standard InChI is InChI=1S/C29H38N4O5/c1-19(2)8-7-9-22-14-25-27(30-15-22)38-26(20(3)16-33(28(25)35)21(4)18-34)17-32(5)29(36)31-23-10-12-24(37-6)13-11-23/h10-15,19-21,26,34H,8,16-18H2,1-6H3,(H,31,36)/t20-,21+,26+/m0/s1. The van der Waals surface area contributed by atoms with Crippen molar-refractivity contribution in [1.82, 2.24) is 14.8 Å². The van der Waals surface area contributed by atoms with E-state index in [1.54, 1.807) is 67.4 Å². The number of hydrogen-bond donors (Lipinski definition) is 2. The number of hydrogen-bond acceptors (Lipinski definition) is 6. The van der Waals surface area contributed by atoms with Gasteiger partial charge in [0, 0.05) is 43.4 Å². The minimum Gasteiger partial charge on any atom is -0.497 e. The molecule has 204 valence electrons. The van der Waals surface area contributed by atoms with Gasteiger partial charge in [-0.05, 0) is 43.2 Å². The summed E-state index contributed by atoms with van der Waals surface area (Å²) in [5, 5.41) is 12.7.